The Labute approximate surface area is 142 Å². The number of benzene rings is 1. The largest absolute Gasteiger partial charge is 0.354 e. The summed E-state index contributed by atoms with van der Waals surface area (Å²) >= 11 is 0. The van der Waals surface area contributed by atoms with Gasteiger partial charge in [0.2, 0.25) is 11.8 Å². The summed E-state index contributed by atoms with van der Waals surface area (Å²) in [5.74, 6) is 1.42. The van der Waals surface area contributed by atoms with Crippen molar-refractivity contribution < 1.29 is 9.59 Å². The standard InChI is InChI=1S/C19H23N3O2/c1-13(23)21-18-9-17(10-18)16-6-7-22(12-16)19(24)8-14-2-4-15(11-20)5-3-14/h2-5,16-18H,6-10,12H2,1H3,(H,21,23). The summed E-state index contributed by atoms with van der Waals surface area (Å²) in [6.07, 6.45) is 3.55. The Morgan fingerprint density at radius 2 is 1.96 bits per heavy atom. The van der Waals surface area contributed by atoms with Gasteiger partial charge in [0.1, 0.15) is 0 Å². The number of rotatable bonds is 4. The lowest BCUT2D eigenvalue weighted by molar-refractivity contribution is -0.129. The molecule has 0 spiro atoms. The SMILES string of the molecule is CC(=O)NC1CC(C2CCN(C(=O)Cc3ccc(C#N)cc3)C2)C1. The van der Waals surface area contributed by atoms with Crippen LogP contribution in [0.15, 0.2) is 24.3 Å². The van der Waals surface area contributed by atoms with Crippen LogP contribution < -0.4 is 5.32 Å². The number of nitriles is 1. The number of hydrogen-bond donors (Lipinski definition) is 1. The Hall–Kier alpha value is -2.35. The fourth-order valence-electron chi connectivity index (χ4n) is 3.83. The molecule has 126 valence electrons. The Balaban J connectivity index is 1.46. The van der Waals surface area contributed by atoms with E-state index in [1.54, 1.807) is 19.1 Å². The summed E-state index contributed by atoms with van der Waals surface area (Å²) in [7, 11) is 0. The van der Waals surface area contributed by atoms with E-state index < -0.39 is 0 Å². The molecule has 1 saturated carbocycles. The molecule has 1 atom stereocenters. The highest BCUT2D eigenvalue weighted by molar-refractivity contribution is 5.79. The van der Waals surface area contributed by atoms with Gasteiger partial charge in [0, 0.05) is 26.1 Å². The van der Waals surface area contributed by atoms with Crippen LogP contribution in [-0.2, 0) is 16.0 Å². The van der Waals surface area contributed by atoms with Crippen molar-refractivity contribution in [2.75, 3.05) is 13.1 Å². The number of nitrogens with zero attached hydrogens (tertiary/aromatic N) is 2. The fraction of sp³-hybridized carbons (Fsp3) is 0.526. The number of hydrogen-bond acceptors (Lipinski definition) is 3. The van der Waals surface area contributed by atoms with Crippen molar-refractivity contribution in [1.29, 1.82) is 5.26 Å². The van der Waals surface area contributed by atoms with Crippen molar-refractivity contribution in [3.8, 4) is 6.07 Å². The first kappa shape index (κ1) is 16.5. The van der Waals surface area contributed by atoms with Gasteiger partial charge in [0.05, 0.1) is 18.1 Å². The van der Waals surface area contributed by atoms with E-state index in [9.17, 15) is 9.59 Å². The lowest BCUT2D eigenvalue weighted by Crippen LogP contribution is -2.46. The van der Waals surface area contributed by atoms with E-state index in [0.717, 1.165) is 37.9 Å². The van der Waals surface area contributed by atoms with Crippen molar-refractivity contribution in [2.24, 2.45) is 11.8 Å². The van der Waals surface area contributed by atoms with Crippen LogP contribution in [0.4, 0.5) is 0 Å². The smallest absolute Gasteiger partial charge is 0.226 e. The lowest BCUT2D eigenvalue weighted by atomic mass is 9.72. The molecule has 1 aromatic carbocycles. The van der Waals surface area contributed by atoms with Gasteiger partial charge in [-0.25, -0.2) is 0 Å². The minimum atomic E-state index is 0.0455. The zero-order chi connectivity index (χ0) is 17.1. The van der Waals surface area contributed by atoms with Crippen molar-refractivity contribution in [3.05, 3.63) is 35.4 Å². The summed E-state index contributed by atoms with van der Waals surface area (Å²) in [6.45, 7) is 3.24. The molecule has 2 fully saturated rings. The van der Waals surface area contributed by atoms with Gasteiger partial charge in [-0.2, -0.15) is 5.26 Å². The Kier molecular flexibility index (Phi) is 4.84. The molecular formula is C19H23N3O2. The lowest BCUT2D eigenvalue weighted by Gasteiger charge is -2.39. The maximum Gasteiger partial charge on any atom is 0.226 e. The second kappa shape index (κ2) is 7.04. The van der Waals surface area contributed by atoms with E-state index in [2.05, 4.69) is 11.4 Å². The van der Waals surface area contributed by atoms with Crippen LogP contribution in [0, 0.1) is 23.2 Å². The topological polar surface area (TPSA) is 73.2 Å². The molecule has 3 rings (SSSR count). The van der Waals surface area contributed by atoms with Crippen LogP contribution in [-0.4, -0.2) is 35.8 Å². The van der Waals surface area contributed by atoms with Crippen LogP contribution in [0.25, 0.3) is 0 Å². The Morgan fingerprint density at radius 1 is 1.25 bits per heavy atom. The number of carbonyl (C=O) groups excluding carboxylic acids is 2. The van der Waals surface area contributed by atoms with Gasteiger partial charge in [0.25, 0.3) is 0 Å². The van der Waals surface area contributed by atoms with Crippen LogP contribution in [0.2, 0.25) is 0 Å². The van der Waals surface area contributed by atoms with Crippen LogP contribution >= 0.6 is 0 Å². The second-order valence-electron chi connectivity index (χ2n) is 7.00. The summed E-state index contributed by atoms with van der Waals surface area (Å²) in [6, 6.07) is 9.64. The van der Waals surface area contributed by atoms with Gasteiger partial charge in [0.15, 0.2) is 0 Å². The van der Waals surface area contributed by atoms with E-state index in [-0.39, 0.29) is 11.8 Å². The number of nitrogens with one attached hydrogen (secondary N) is 1. The average Bonchev–Trinajstić information content (AvgIpc) is 3.00. The highest BCUT2D eigenvalue weighted by Crippen LogP contribution is 2.38. The molecule has 1 heterocycles. The van der Waals surface area contributed by atoms with Gasteiger partial charge < -0.3 is 10.2 Å². The maximum atomic E-state index is 12.5. The quantitative estimate of drug-likeness (QED) is 0.918. The van der Waals surface area contributed by atoms with Crippen molar-refractivity contribution in [3.63, 3.8) is 0 Å². The third kappa shape index (κ3) is 3.76. The zero-order valence-corrected chi connectivity index (χ0v) is 14.0. The summed E-state index contributed by atoms with van der Waals surface area (Å²) in [5.41, 5.74) is 1.57. The van der Waals surface area contributed by atoms with Gasteiger partial charge in [-0.05, 0) is 48.8 Å². The molecular weight excluding hydrogens is 302 g/mol. The minimum absolute atomic E-state index is 0.0455. The molecule has 2 aliphatic rings. The fourth-order valence-corrected chi connectivity index (χ4v) is 3.83. The molecule has 0 bridgehead atoms. The zero-order valence-electron chi connectivity index (χ0n) is 14.0. The molecule has 1 aliphatic carbocycles. The molecule has 1 saturated heterocycles. The number of carbonyl (C=O) groups is 2. The first-order valence-corrected chi connectivity index (χ1v) is 8.59. The maximum absolute atomic E-state index is 12.5. The average molecular weight is 325 g/mol. The van der Waals surface area contributed by atoms with Crippen molar-refractivity contribution >= 4 is 11.8 Å². The molecule has 1 aliphatic heterocycles. The summed E-state index contributed by atoms with van der Waals surface area (Å²) < 4.78 is 0. The molecule has 1 aromatic rings. The predicted molar refractivity (Wildman–Crippen MR) is 89.9 cm³/mol. The first-order chi connectivity index (χ1) is 11.5. The third-order valence-electron chi connectivity index (χ3n) is 5.26. The molecule has 0 radical (unpaired) electrons. The van der Waals surface area contributed by atoms with Gasteiger partial charge >= 0.3 is 0 Å². The van der Waals surface area contributed by atoms with Crippen LogP contribution in [0.1, 0.15) is 37.3 Å². The van der Waals surface area contributed by atoms with Crippen molar-refractivity contribution in [1.82, 2.24) is 10.2 Å². The van der Waals surface area contributed by atoms with Crippen LogP contribution in [0.5, 0.6) is 0 Å². The summed E-state index contributed by atoms with van der Waals surface area (Å²) in [5, 5.41) is 11.8. The molecule has 24 heavy (non-hydrogen) atoms. The normalized spacial score (nSPS) is 25.7. The van der Waals surface area contributed by atoms with E-state index in [1.807, 2.05) is 17.0 Å². The third-order valence-corrected chi connectivity index (χ3v) is 5.26. The van der Waals surface area contributed by atoms with E-state index >= 15 is 0 Å². The molecule has 0 aromatic heterocycles. The predicted octanol–water partition coefficient (Wildman–Crippen LogP) is 1.86. The summed E-state index contributed by atoms with van der Waals surface area (Å²) in [4.78, 5) is 25.5. The number of likely N-dealkylation sites (tertiary alicyclic amines) is 1. The monoisotopic (exact) mass is 325 g/mol. The highest BCUT2D eigenvalue weighted by Gasteiger charge is 2.39. The molecule has 1 unspecified atom stereocenters. The molecule has 1 N–H and O–H groups in total. The highest BCUT2D eigenvalue weighted by atomic mass is 16.2. The number of amides is 2. The molecule has 5 nitrogen and oxygen atoms in total. The Bertz CT molecular complexity index is 656. The second-order valence-corrected chi connectivity index (χ2v) is 7.00. The van der Waals surface area contributed by atoms with E-state index in [0.29, 0.717) is 29.9 Å². The minimum Gasteiger partial charge on any atom is -0.354 e. The Morgan fingerprint density at radius 3 is 2.58 bits per heavy atom. The first-order valence-electron chi connectivity index (χ1n) is 8.59. The van der Waals surface area contributed by atoms with E-state index in [4.69, 9.17) is 5.26 Å². The van der Waals surface area contributed by atoms with Gasteiger partial charge in [-0.3, -0.25) is 9.59 Å². The van der Waals surface area contributed by atoms with Gasteiger partial charge in [-0.15, -0.1) is 0 Å². The molecule has 2 amide bonds. The van der Waals surface area contributed by atoms with Crippen LogP contribution in [0.3, 0.4) is 0 Å². The van der Waals surface area contributed by atoms with E-state index in [1.165, 1.54) is 0 Å². The van der Waals surface area contributed by atoms with Crippen molar-refractivity contribution in [2.45, 2.75) is 38.6 Å². The van der Waals surface area contributed by atoms with Gasteiger partial charge in [-0.1, -0.05) is 12.1 Å². The molecule has 5 heteroatoms.